The van der Waals surface area contributed by atoms with Crippen LogP contribution in [0.2, 0.25) is 0 Å². The van der Waals surface area contributed by atoms with Crippen molar-refractivity contribution in [3.8, 4) is 5.69 Å². The molecular formula is C18H19N5O. The standard InChI is InChI=1S/C18H19N5O/c1-12-11-16(22(2)20-12)18(24)19-17-14-9-6-10-15(14)21-23(17)13-7-4-3-5-8-13/h3-5,7-8,11H,6,9-10H2,1-2H3,(H,19,24). The van der Waals surface area contributed by atoms with Gasteiger partial charge in [-0.2, -0.15) is 10.2 Å². The summed E-state index contributed by atoms with van der Waals surface area (Å²) in [4.78, 5) is 12.7. The van der Waals surface area contributed by atoms with Gasteiger partial charge in [-0.25, -0.2) is 4.68 Å². The number of carbonyl (C=O) groups excluding carboxylic acids is 1. The fraction of sp³-hybridized carbons (Fsp3) is 0.278. The first-order valence-corrected chi connectivity index (χ1v) is 8.11. The zero-order valence-electron chi connectivity index (χ0n) is 13.8. The maximum Gasteiger partial charge on any atom is 0.275 e. The zero-order valence-corrected chi connectivity index (χ0v) is 13.8. The lowest BCUT2D eigenvalue weighted by molar-refractivity contribution is 0.101. The van der Waals surface area contributed by atoms with E-state index in [4.69, 9.17) is 5.10 Å². The number of para-hydroxylation sites is 1. The predicted octanol–water partition coefficient (Wildman–Crippen LogP) is 2.66. The van der Waals surface area contributed by atoms with Crippen LogP contribution in [-0.2, 0) is 19.9 Å². The topological polar surface area (TPSA) is 64.7 Å². The SMILES string of the molecule is Cc1cc(C(=O)Nc2c3c(nn2-c2ccccc2)CCC3)n(C)n1. The van der Waals surface area contributed by atoms with Crippen LogP contribution in [0.3, 0.4) is 0 Å². The molecule has 0 fully saturated rings. The van der Waals surface area contributed by atoms with E-state index in [0.29, 0.717) is 5.69 Å². The van der Waals surface area contributed by atoms with Crippen LogP contribution >= 0.6 is 0 Å². The molecule has 1 aliphatic carbocycles. The largest absolute Gasteiger partial charge is 0.305 e. The minimum atomic E-state index is -0.162. The van der Waals surface area contributed by atoms with E-state index in [1.54, 1.807) is 17.8 Å². The van der Waals surface area contributed by atoms with E-state index in [1.165, 1.54) is 0 Å². The van der Waals surface area contributed by atoms with Gasteiger partial charge in [0.05, 0.1) is 17.1 Å². The van der Waals surface area contributed by atoms with Gasteiger partial charge in [0.25, 0.3) is 5.91 Å². The molecular weight excluding hydrogens is 302 g/mol. The highest BCUT2D eigenvalue weighted by atomic mass is 16.2. The summed E-state index contributed by atoms with van der Waals surface area (Å²) in [5.41, 5.74) is 4.54. The van der Waals surface area contributed by atoms with Gasteiger partial charge in [-0.15, -0.1) is 0 Å². The van der Waals surface area contributed by atoms with Crippen molar-refractivity contribution in [1.29, 1.82) is 0 Å². The summed E-state index contributed by atoms with van der Waals surface area (Å²) in [5, 5.41) is 12.0. The van der Waals surface area contributed by atoms with Crippen molar-refractivity contribution in [2.45, 2.75) is 26.2 Å². The number of aryl methyl sites for hydroxylation is 3. The van der Waals surface area contributed by atoms with E-state index in [0.717, 1.165) is 47.7 Å². The second-order valence-electron chi connectivity index (χ2n) is 6.12. The molecule has 6 nitrogen and oxygen atoms in total. The molecule has 0 unspecified atom stereocenters. The number of hydrogen-bond acceptors (Lipinski definition) is 3. The fourth-order valence-corrected chi connectivity index (χ4v) is 3.27. The van der Waals surface area contributed by atoms with Crippen LogP contribution in [0.5, 0.6) is 0 Å². The molecule has 2 aromatic heterocycles. The van der Waals surface area contributed by atoms with Crippen molar-refractivity contribution >= 4 is 11.7 Å². The molecule has 0 aliphatic heterocycles. The molecule has 3 aromatic rings. The predicted molar refractivity (Wildman–Crippen MR) is 91.5 cm³/mol. The third-order valence-electron chi connectivity index (χ3n) is 4.37. The Bertz CT molecular complexity index is 907. The Labute approximate surface area is 140 Å². The number of aromatic nitrogens is 4. The molecule has 24 heavy (non-hydrogen) atoms. The molecule has 0 saturated heterocycles. The second-order valence-corrected chi connectivity index (χ2v) is 6.12. The zero-order chi connectivity index (χ0) is 16.7. The van der Waals surface area contributed by atoms with Crippen LogP contribution in [0.1, 0.15) is 33.9 Å². The quantitative estimate of drug-likeness (QED) is 0.806. The van der Waals surface area contributed by atoms with Gasteiger partial charge < -0.3 is 5.32 Å². The highest BCUT2D eigenvalue weighted by Crippen LogP contribution is 2.31. The molecule has 1 amide bonds. The summed E-state index contributed by atoms with van der Waals surface area (Å²) in [5.74, 6) is 0.613. The normalized spacial score (nSPS) is 13.1. The van der Waals surface area contributed by atoms with Crippen LogP contribution in [0.25, 0.3) is 5.69 Å². The number of anilines is 1. The monoisotopic (exact) mass is 321 g/mol. The first kappa shape index (κ1) is 14.7. The molecule has 1 aromatic carbocycles. The van der Waals surface area contributed by atoms with Gasteiger partial charge in [0, 0.05) is 12.6 Å². The van der Waals surface area contributed by atoms with E-state index >= 15 is 0 Å². The average molecular weight is 321 g/mol. The lowest BCUT2D eigenvalue weighted by atomic mass is 10.2. The summed E-state index contributed by atoms with van der Waals surface area (Å²) in [6, 6.07) is 11.7. The van der Waals surface area contributed by atoms with Crippen LogP contribution in [0, 0.1) is 6.92 Å². The van der Waals surface area contributed by atoms with Crippen molar-refractivity contribution in [3.63, 3.8) is 0 Å². The summed E-state index contributed by atoms with van der Waals surface area (Å²) >= 11 is 0. The number of amides is 1. The van der Waals surface area contributed by atoms with Gasteiger partial charge in [0.2, 0.25) is 0 Å². The van der Waals surface area contributed by atoms with E-state index in [2.05, 4.69) is 10.4 Å². The van der Waals surface area contributed by atoms with Crippen LogP contribution in [0.4, 0.5) is 5.82 Å². The number of nitrogens with zero attached hydrogens (tertiary/aromatic N) is 4. The first-order valence-electron chi connectivity index (χ1n) is 8.11. The highest BCUT2D eigenvalue weighted by molar-refractivity contribution is 6.03. The Morgan fingerprint density at radius 2 is 1.96 bits per heavy atom. The Hall–Kier alpha value is -2.89. The van der Waals surface area contributed by atoms with E-state index in [-0.39, 0.29) is 5.91 Å². The van der Waals surface area contributed by atoms with E-state index < -0.39 is 0 Å². The summed E-state index contributed by atoms with van der Waals surface area (Å²) in [6.45, 7) is 1.88. The van der Waals surface area contributed by atoms with Gasteiger partial charge in [-0.3, -0.25) is 9.48 Å². The van der Waals surface area contributed by atoms with Crippen molar-refractivity contribution in [2.24, 2.45) is 7.05 Å². The number of fused-ring (bicyclic) bond motifs is 1. The Morgan fingerprint density at radius 3 is 2.67 bits per heavy atom. The molecule has 122 valence electrons. The molecule has 6 heteroatoms. The van der Waals surface area contributed by atoms with Crippen LogP contribution in [0.15, 0.2) is 36.4 Å². The average Bonchev–Trinajstić information content (AvgIpc) is 3.24. The highest BCUT2D eigenvalue weighted by Gasteiger charge is 2.25. The lowest BCUT2D eigenvalue weighted by Crippen LogP contribution is -2.19. The van der Waals surface area contributed by atoms with Crippen molar-refractivity contribution in [3.05, 3.63) is 59.0 Å². The van der Waals surface area contributed by atoms with Crippen LogP contribution in [-0.4, -0.2) is 25.5 Å². The lowest BCUT2D eigenvalue weighted by Gasteiger charge is -2.11. The molecule has 0 atom stereocenters. The Kier molecular flexibility index (Phi) is 3.45. The molecule has 1 N–H and O–H groups in total. The summed E-state index contributed by atoms with van der Waals surface area (Å²) in [7, 11) is 1.78. The number of rotatable bonds is 3. The maximum atomic E-state index is 12.7. The third kappa shape index (κ3) is 2.40. The smallest absolute Gasteiger partial charge is 0.275 e. The molecule has 0 spiro atoms. The molecule has 2 heterocycles. The second kappa shape index (κ2) is 5.63. The van der Waals surface area contributed by atoms with Crippen LogP contribution < -0.4 is 5.32 Å². The third-order valence-corrected chi connectivity index (χ3v) is 4.37. The van der Waals surface area contributed by atoms with Gasteiger partial charge in [-0.1, -0.05) is 18.2 Å². The van der Waals surface area contributed by atoms with Gasteiger partial charge >= 0.3 is 0 Å². The molecule has 4 rings (SSSR count). The molecule has 0 saturated carbocycles. The fourth-order valence-electron chi connectivity index (χ4n) is 3.27. The number of benzene rings is 1. The van der Waals surface area contributed by atoms with Gasteiger partial charge in [0.1, 0.15) is 11.5 Å². The van der Waals surface area contributed by atoms with Crippen molar-refractivity contribution in [1.82, 2.24) is 19.6 Å². The van der Waals surface area contributed by atoms with Gasteiger partial charge in [0.15, 0.2) is 0 Å². The summed E-state index contributed by atoms with van der Waals surface area (Å²) < 4.78 is 3.44. The molecule has 1 aliphatic rings. The Morgan fingerprint density at radius 1 is 1.17 bits per heavy atom. The molecule has 0 radical (unpaired) electrons. The van der Waals surface area contributed by atoms with E-state index in [9.17, 15) is 4.79 Å². The minimum absolute atomic E-state index is 0.162. The summed E-state index contributed by atoms with van der Waals surface area (Å²) in [6.07, 6.45) is 2.99. The van der Waals surface area contributed by atoms with Gasteiger partial charge in [-0.05, 0) is 44.4 Å². The number of carbonyl (C=O) groups is 1. The first-order chi connectivity index (χ1) is 11.6. The minimum Gasteiger partial charge on any atom is -0.305 e. The maximum absolute atomic E-state index is 12.7. The number of nitrogens with one attached hydrogen (secondary N) is 1. The van der Waals surface area contributed by atoms with Crippen molar-refractivity contribution < 1.29 is 4.79 Å². The molecule has 0 bridgehead atoms. The van der Waals surface area contributed by atoms with Crippen molar-refractivity contribution in [2.75, 3.05) is 5.32 Å². The Balaban J connectivity index is 1.75. The van der Waals surface area contributed by atoms with E-state index in [1.807, 2.05) is 41.9 Å². The number of hydrogen-bond donors (Lipinski definition) is 1.